The van der Waals surface area contributed by atoms with Gasteiger partial charge in [-0.3, -0.25) is 4.79 Å². The predicted molar refractivity (Wildman–Crippen MR) is 115 cm³/mol. The minimum Gasteiger partial charge on any atom is -0.496 e. The van der Waals surface area contributed by atoms with E-state index in [4.69, 9.17) is 4.74 Å². The Morgan fingerprint density at radius 3 is 2.32 bits per heavy atom. The van der Waals surface area contributed by atoms with Crippen molar-refractivity contribution in [3.8, 4) is 5.75 Å². The molecule has 0 aromatic heterocycles. The van der Waals surface area contributed by atoms with Gasteiger partial charge in [0.2, 0.25) is 5.91 Å². The van der Waals surface area contributed by atoms with Crippen LogP contribution < -0.4 is 9.64 Å². The summed E-state index contributed by atoms with van der Waals surface area (Å²) in [6.07, 6.45) is 1.12. The molecule has 3 nitrogen and oxygen atoms in total. The number of benzene rings is 3. The molecule has 3 rings (SSSR count). The average Bonchev–Trinajstić information content (AvgIpc) is 2.71. The summed E-state index contributed by atoms with van der Waals surface area (Å²) in [5.41, 5.74) is 5.49. The summed E-state index contributed by atoms with van der Waals surface area (Å²) in [6.45, 7) is 4.78. The van der Waals surface area contributed by atoms with E-state index in [-0.39, 0.29) is 5.91 Å². The van der Waals surface area contributed by atoms with Crippen molar-refractivity contribution < 1.29 is 9.53 Å². The van der Waals surface area contributed by atoms with E-state index in [2.05, 4.69) is 32.0 Å². The Bertz CT molecular complexity index is 934. The Kier molecular flexibility index (Phi) is 6.49. The summed E-state index contributed by atoms with van der Waals surface area (Å²) >= 11 is 0. The molecule has 0 atom stereocenters. The SMILES string of the molecule is COc1ccccc1CCN(C(=O)Cc1ccccc1)c1ccc(C)c(C)c1. The highest BCUT2D eigenvalue weighted by Crippen LogP contribution is 2.23. The topological polar surface area (TPSA) is 29.5 Å². The van der Waals surface area contributed by atoms with Crippen LogP contribution in [0.2, 0.25) is 0 Å². The Morgan fingerprint density at radius 2 is 1.61 bits per heavy atom. The van der Waals surface area contributed by atoms with Crippen LogP contribution in [0.3, 0.4) is 0 Å². The fourth-order valence-electron chi connectivity index (χ4n) is 3.30. The molecule has 144 valence electrons. The lowest BCUT2D eigenvalue weighted by molar-refractivity contribution is -0.118. The van der Waals surface area contributed by atoms with Crippen LogP contribution in [-0.4, -0.2) is 19.6 Å². The second-order valence-corrected chi connectivity index (χ2v) is 7.04. The number of anilines is 1. The first-order valence-corrected chi connectivity index (χ1v) is 9.62. The molecule has 0 spiro atoms. The number of aryl methyl sites for hydroxylation is 2. The van der Waals surface area contributed by atoms with Crippen LogP contribution in [0.4, 0.5) is 5.69 Å². The van der Waals surface area contributed by atoms with Gasteiger partial charge in [0.1, 0.15) is 5.75 Å². The molecule has 0 aliphatic carbocycles. The number of para-hydroxylation sites is 1. The van der Waals surface area contributed by atoms with Crippen molar-refractivity contribution in [2.24, 2.45) is 0 Å². The van der Waals surface area contributed by atoms with Gasteiger partial charge in [-0.2, -0.15) is 0 Å². The van der Waals surface area contributed by atoms with Gasteiger partial charge in [-0.1, -0.05) is 54.6 Å². The number of methoxy groups -OCH3 is 1. The van der Waals surface area contributed by atoms with Gasteiger partial charge >= 0.3 is 0 Å². The molecule has 0 aliphatic heterocycles. The minimum atomic E-state index is 0.101. The summed E-state index contributed by atoms with van der Waals surface area (Å²) in [4.78, 5) is 15.1. The van der Waals surface area contributed by atoms with E-state index in [0.29, 0.717) is 13.0 Å². The van der Waals surface area contributed by atoms with E-state index in [1.807, 2.05) is 59.5 Å². The number of hydrogen-bond donors (Lipinski definition) is 0. The maximum Gasteiger partial charge on any atom is 0.231 e. The van der Waals surface area contributed by atoms with Crippen molar-refractivity contribution >= 4 is 11.6 Å². The molecule has 0 bridgehead atoms. The third kappa shape index (κ3) is 4.80. The van der Waals surface area contributed by atoms with Crippen LogP contribution in [-0.2, 0) is 17.6 Å². The first-order chi connectivity index (χ1) is 13.6. The summed E-state index contributed by atoms with van der Waals surface area (Å²) in [5, 5.41) is 0. The first-order valence-electron chi connectivity index (χ1n) is 9.62. The molecule has 0 unspecified atom stereocenters. The number of ether oxygens (including phenoxy) is 1. The van der Waals surface area contributed by atoms with Gasteiger partial charge in [-0.15, -0.1) is 0 Å². The van der Waals surface area contributed by atoms with Gasteiger partial charge in [0.15, 0.2) is 0 Å². The summed E-state index contributed by atoms with van der Waals surface area (Å²) < 4.78 is 5.47. The number of hydrogen-bond acceptors (Lipinski definition) is 2. The van der Waals surface area contributed by atoms with Crippen molar-refractivity contribution in [1.82, 2.24) is 0 Å². The smallest absolute Gasteiger partial charge is 0.231 e. The number of rotatable bonds is 7. The molecule has 3 heteroatoms. The molecule has 3 aromatic rings. The highest BCUT2D eigenvalue weighted by atomic mass is 16.5. The normalized spacial score (nSPS) is 10.5. The second-order valence-electron chi connectivity index (χ2n) is 7.04. The van der Waals surface area contributed by atoms with Crippen LogP contribution in [0.1, 0.15) is 22.3 Å². The highest BCUT2D eigenvalue weighted by molar-refractivity contribution is 5.95. The second kappa shape index (κ2) is 9.23. The van der Waals surface area contributed by atoms with Gasteiger partial charge in [-0.25, -0.2) is 0 Å². The van der Waals surface area contributed by atoms with Gasteiger partial charge in [0.05, 0.1) is 13.5 Å². The molecule has 0 aliphatic rings. The Balaban J connectivity index is 1.85. The number of carbonyl (C=O) groups is 1. The van der Waals surface area contributed by atoms with Crippen LogP contribution in [0.25, 0.3) is 0 Å². The Hall–Kier alpha value is -3.07. The van der Waals surface area contributed by atoms with Crippen LogP contribution in [0.5, 0.6) is 5.75 Å². The van der Waals surface area contributed by atoms with Gasteiger partial charge in [0, 0.05) is 12.2 Å². The van der Waals surface area contributed by atoms with E-state index in [0.717, 1.165) is 29.0 Å². The Morgan fingerprint density at radius 1 is 0.893 bits per heavy atom. The Labute approximate surface area is 167 Å². The summed E-state index contributed by atoms with van der Waals surface area (Å²) in [5.74, 6) is 0.961. The molecular formula is C25H27NO2. The fourth-order valence-corrected chi connectivity index (χ4v) is 3.30. The summed E-state index contributed by atoms with van der Waals surface area (Å²) in [7, 11) is 1.68. The molecular weight excluding hydrogens is 346 g/mol. The van der Waals surface area contributed by atoms with Crippen LogP contribution in [0.15, 0.2) is 72.8 Å². The summed E-state index contributed by atoms with van der Waals surface area (Å²) in [6, 6.07) is 24.1. The van der Waals surface area contributed by atoms with E-state index in [1.54, 1.807) is 7.11 Å². The number of carbonyl (C=O) groups excluding carboxylic acids is 1. The molecule has 0 fully saturated rings. The van der Waals surface area contributed by atoms with Crippen LogP contribution >= 0.6 is 0 Å². The molecule has 0 saturated heterocycles. The molecule has 0 heterocycles. The maximum absolute atomic E-state index is 13.2. The van der Waals surface area contributed by atoms with E-state index in [1.165, 1.54) is 11.1 Å². The third-order valence-electron chi connectivity index (χ3n) is 5.10. The quantitative estimate of drug-likeness (QED) is 0.574. The predicted octanol–water partition coefficient (Wildman–Crippen LogP) is 5.13. The molecule has 0 saturated carbocycles. The average molecular weight is 373 g/mol. The standard InChI is InChI=1S/C25H27NO2/c1-19-13-14-23(17-20(19)2)26(25(27)18-21-9-5-4-6-10-21)16-15-22-11-7-8-12-24(22)28-3/h4-14,17H,15-16,18H2,1-3H3. The van der Waals surface area contributed by atoms with Crippen LogP contribution in [0, 0.1) is 13.8 Å². The molecule has 3 aromatic carbocycles. The van der Waals surface area contributed by atoms with Gasteiger partial charge in [0.25, 0.3) is 0 Å². The zero-order valence-corrected chi connectivity index (χ0v) is 16.8. The van der Waals surface area contributed by atoms with Gasteiger partial charge in [-0.05, 0) is 60.7 Å². The first kappa shape index (κ1) is 19.7. The lowest BCUT2D eigenvalue weighted by Crippen LogP contribution is -2.34. The monoisotopic (exact) mass is 373 g/mol. The van der Waals surface area contributed by atoms with Gasteiger partial charge < -0.3 is 9.64 Å². The van der Waals surface area contributed by atoms with Crippen molar-refractivity contribution in [2.75, 3.05) is 18.6 Å². The zero-order chi connectivity index (χ0) is 19.9. The molecule has 0 N–H and O–H groups in total. The van der Waals surface area contributed by atoms with Crippen molar-refractivity contribution in [3.63, 3.8) is 0 Å². The molecule has 0 radical (unpaired) electrons. The zero-order valence-electron chi connectivity index (χ0n) is 16.8. The lowest BCUT2D eigenvalue weighted by atomic mass is 10.1. The van der Waals surface area contributed by atoms with Crippen molar-refractivity contribution in [3.05, 3.63) is 95.1 Å². The van der Waals surface area contributed by atoms with Crippen molar-refractivity contribution in [1.29, 1.82) is 0 Å². The number of nitrogens with zero attached hydrogens (tertiary/aromatic N) is 1. The largest absolute Gasteiger partial charge is 0.496 e. The van der Waals surface area contributed by atoms with E-state index in [9.17, 15) is 4.79 Å². The van der Waals surface area contributed by atoms with E-state index < -0.39 is 0 Å². The number of amides is 1. The minimum absolute atomic E-state index is 0.101. The highest BCUT2D eigenvalue weighted by Gasteiger charge is 2.17. The van der Waals surface area contributed by atoms with E-state index >= 15 is 0 Å². The third-order valence-corrected chi connectivity index (χ3v) is 5.10. The lowest BCUT2D eigenvalue weighted by Gasteiger charge is -2.24. The molecule has 1 amide bonds. The maximum atomic E-state index is 13.2. The fraction of sp³-hybridized carbons (Fsp3) is 0.240. The molecule has 28 heavy (non-hydrogen) atoms. The van der Waals surface area contributed by atoms with Crippen molar-refractivity contribution in [2.45, 2.75) is 26.7 Å².